The Morgan fingerprint density at radius 3 is 3.00 bits per heavy atom. The first-order chi connectivity index (χ1) is 7.81. The summed E-state index contributed by atoms with van der Waals surface area (Å²) < 4.78 is 5.81. The average Bonchev–Trinajstić information content (AvgIpc) is 2.73. The summed E-state index contributed by atoms with van der Waals surface area (Å²) in [5, 5.41) is 13.1. The minimum Gasteiger partial charge on any atom is -0.390 e. The van der Waals surface area contributed by atoms with Crippen LogP contribution in [0.1, 0.15) is 26.2 Å². The number of rotatable bonds is 4. The number of hydrogen-bond donors (Lipinski definition) is 2. The molecule has 2 saturated heterocycles. The van der Waals surface area contributed by atoms with E-state index in [9.17, 15) is 5.11 Å². The largest absolute Gasteiger partial charge is 0.390 e. The summed E-state index contributed by atoms with van der Waals surface area (Å²) in [5.74, 6) is 0. The molecule has 0 aromatic rings. The van der Waals surface area contributed by atoms with Gasteiger partial charge in [0.25, 0.3) is 0 Å². The van der Waals surface area contributed by atoms with Gasteiger partial charge in [0.15, 0.2) is 0 Å². The zero-order chi connectivity index (χ0) is 11.4. The molecule has 0 aromatic carbocycles. The molecule has 0 aliphatic carbocycles. The van der Waals surface area contributed by atoms with E-state index >= 15 is 0 Å². The summed E-state index contributed by atoms with van der Waals surface area (Å²) in [6.07, 6.45) is 3.63. The SMILES string of the molecule is CCCOC1CCCN(C2CNCC2O)C1. The monoisotopic (exact) mass is 228 g/mol. The fraction of sp³-hybridized carbons (Fsp3) is 1.00. The van der Waals surface area contributed by atoms with Gasteiger partial charge in [-0.25, -0.2) is 0 Å². The molecule has 2 heterocycles. The lowest BCUT2D eigenvalue weighted by atomic mass is 10.0. The molecule has 3 atom stereocenters. The van der Waals surface area contributed by atoms with Gasteiger partial charge in [0, 0.05) is 32.3 Å². The van der Waals surface area contributed by atoms with Crippen LogP contribution in [-0.4, -0.2) is 61.0 Å². The highest BCUT2D eigenvalue weighted by Gasteiger charge is 2.33. The van der Waals surface area contributed by atoms with Gasteiger partial charge in [-0.3, -0.25) is 4.90 Å². The van der Waals surface area contributed by atoms with Crippen molar-refractivity contribution in [3.05, 3.63) is 0 Å². The van der Waals surface area contributed by atoms with Crippen LogP contribution in [0.15, 0.2) is 0 Å². The van der Waals surface area contributed by atoms with Gasteiger partial charge in [0.1, 0.15) is 0 Å². The zero-order valence-electron chi connectivity index (χ0n) is 10.2. The van der Waals surface area contributed by atoms with Crippen LogP contribution < -0.4 is 5.32 Å². The number of aliphatic hydroxyl groups excluding tert-OH is 1. The number of hydrogen-bond acceptors (Lipinski definition) is 4. The average molecular weight is 228 g/mol. The highest BCUT2D eigenvalue weighted by molar-refractivity contribution is 4.91. The Bertz CT molecular complexity index is 213. The van der Waals surface area contributed by atoms with Crippen molar-refractivity contribution in [2.45, 2.75) is 44.4 Å². The van der Waals surface area contributed by atoms with E-state index in [0.29, 0.717) is 12.1 Å². The molecule has 4 nitrogen and oxygen atoms in total. The Morgan fingerprint density at radius 2 is 2.31 bits per heavy atom. The molecule has 0 amide bonds. The lowest BCUT2D eigenvalue weighted by Crippen LogP contribution is -2.50. The number of nitrogens with one attached hydrogen (secondary N) is 1. The third-order valence-corrected chi connectivity index (χ3v) is 3.59. The summed E-state index contributed by atoms with van der Waals surface area (Å²) in [4.78, 5) is 2.40. The maximum Gasteiger partial charge on any atom is 0.0831 e. The quantitative estimate of drug-likeness (QED) is 0.722. The summed E-state index contributed by atoms with van der Waals surface area (Å²) in [6.45, 7) is 6.76. The Hall–Kier alpha value is -0.160. The van der Waals surface area contributed by atoms with Crippen molar-refractivity contribution in [2.24, 2.45) is 0 Å². The molecule has 3 unspecified atom stereocenters. The maximum atomic E-state index is 9.86. The van der Waals surface area contributed by atoms with E-state index < -0.39 is 0 Å². The summed E-state index contributed by atoms with van der Waals surface area (Å²) in [5.41, 5.74) is 0. The molecule has 2 aliphatic heterocycles. The van der Waals surface area contributed by atoms with Crippen molar-refractivity contribution in [1.82, 2.24) is 10.2 Å². The van der Waals surface area contributed by atoms with Gasteiger partial charge in [0.2, 0.25) is 0 Å². The standard InChI is InChI=1S/C12H24N2O2/c1-2-6-16-10-4-3-5-14(9-10)11-7-13-8-12(11)15/h10-13,15H,2-9H2,1H3. The van der Waals surface area contributed by atoms with Gasteiger partial charge in [-0.05, 0) is 25.8 Å². The van der Waals surface area contributed by atoms with Gasteiger partial charge in [-0.1, -0.05) is 6.92 Å². The van der Waals surface area contributed by atoms with E-state index in [1.807, 2.05) is 0 Å². The van der Waals surface area contributed by atoms with E-state index in [4.69, 9.17) is 4.74 Å². The minimum atomic E-state index is -0.204. The van der Waals surface area contributed by atoms with Crippen LogP contribution in [0, 0.1) is 0 Å². The predicted molar refractivity (Wildman–Crippen MR) is 63.5 cm³/mol. The molecule has 0 spiro atoms. The van der Waals surface area contributed by atoms with Gasteiger partial charge in [0.05, 0.1) is 12.2 Å². The number of nitrogens with zero attached hydrogens (tertiary/aromatic N) is 1. The Labute approximate surface area is 98.0 Å². The normalized spacial score (nSPS) is 36.8. The Kier molecular flexibility index (Phi) is 4.58. The fourth-order valence-corrected chi connectivity index (χ4v) is 2.71. The van der Waals surface area contributed by atoms with Crippen molar-refractivity contribution in [3.63, 3.8) is 0 Å². The number of aliphatic hydroxyl groups is 1. The van der Waals surface area contributed by atoms with E-state index in [1.54, 1.807) is 0 Å². The second-order valence-corrected chi connectivity index (χ2v) is 4.92. The molecule has 2 N–H and O–H groups in total. The fourth-order valence-electron chi connectivity index (χ4n) is 2.71. The Balaban J connectivity index is 1.81. The first kappa shape index (κ1) is 12.3. The lowest BCUT2D eigenvalue weighted by Gasteiger charge is -2.37. The zero-order valence-corrected chi connectivity index (χ0v) is 10.2. The maximum absolute atomic E-state index is 9.86. The first-order valence-electron chi connectivity index (χ1n) is 6.55. The van der Waals surface area contributed by atoms with Crippen molar-refractivity contribution in [1.29, 1.82) is 0 Å². The molecule has 2 fully saturated rings. The molecule has 94 valence electrons. The topological polar surface area (TPSA) is 44.7 Å². The van der Waals surface area contributed by atoms with Crippen molar-refractivity contribution in [3.8, 4) is 0 Å². The number of β-amino-alcohol motifs (C(OH)–C–C–N with tert-alkyl or cyclic N) is 1. The van der Waals surface area contributed by atoms with E-state index in [0.717, 1.165) is 39.2 Å². The summed E-state index contributed by atoms with van der Waals surface area (Å²) in [6, 6.07) is 0.299. The predicted octanol–water partition coefficient (Wildman–Crippen LogP) is 0.210. The molecular formula is C12H24N2O2. The molecule has 0 radical (unpaired) electrons. The van der Waals surface area contributed by atoms with Gasteiger partial charge in [-0.2, -0.15) is 0 Å². The molecule has 0 saturated carbocycles. The van der Waals surface area contributed by atoms with Crippen LogP contribution >= 0.6 is 0 Å². The number of ether oxygens (including phenoxy) is 1. The van der Waals surface area contributed by atoms with Gasteiger partial charge >= 0.3 is 0 Å². The minimum absolute atomic E-state index is 0.204. The number of piperidine rings is 1. The van der Waals surface area contributed by atoms with E-state index in [2.05, 4.69) is 17.1 Å². The van der Waals surface area contributed by atoms with Crippen molar-refractivity contribution in [2.75, 3.05) is 32.8 Å². The van der Waals surface area contributed by atoms with Crippen molar-refractivity contribution >= 4 is 0 Å². The molecule has 0 bridgehead atoms. The van der Waals surface area contributed by atoms with Crippen LogP contribution in [0.3, 0.4) is 0 Å². The summed E-state index contributed by atoms with van der Waals surface area (Å²) >= 11 is 0. The highest BCUT2D eigenvalue weighted by atomic mass is 16.5. The van der Waals surface area contributed by atoms with E-state index in [1.165, 1.54) is 12.8 Å². The van der Waals surface area contributed by atoms with Crippen molar-refractivity contribution < 1.29 is 9.84 Å². The summed E-state index contributed by atoms with van der Waals surface area (Å²) in [7, 11) is 0. The van der Waals surface area contributed by atoms with Crippen LogP contribution in [0.25, 0.3) is 0 Å². The second kappa shape index (κ2) is 5.96. The van der Waals surface area contributed by atoms with Crippen LogP contribution in [-0.2, 0) is 4.74 Å². The molecular weight excluding hydrogens is 204 g/mol. The van der Waals surface area contributed by atoms with E-state index in [-0.39, 0.29) is 6.10 Å². The molecule has 2 aliphatic rings. The number of likely N-dealkylation sites (tertiary alicyclic amines) is 1. The third kappa shape index (κ3) is 2.94. The van der Waals surface area contributed by atoms with Crippen LogP contribution in [0.5, 0.6) is 0 Å². The van der Waals surface area contributed by atoms with Gasteiger partial charge < -0.3 is 15.2 Å². The molecule has 0 aromatic heterocycles. The molecule has 16 heavy (non-hydrogen) atoms. The molecule has 2 rings (SSSR count). The first-order valence-corrected chi connectivity index (χ1v) is 6.55. The third-order valence-electron chi connectivity index (χ3n) is 3.59. The van der Waals surface area contributed by atoms with Gasteiger partial charge in [-0.15, -0.1) is 0 Å². The van der Waals surface area contributed by atoms with Crippen LogP contribution in [0.2, 0.25) is 0 Å². The highest BCUT2D eigenvalue weighted by Crippen LogP contribution is 2.19. The molecule has 4 heteroatoms. The second-order valence-electron chi connectivity index (χ2n) is 4.92. The van der Waals surface area contributed by atoms with Crippen LogP contribution in [0.4, 0.5) is 0 Å². The Morgan fingerprint density at radius 1 is 1.44 bits per heavy atom. The lowest BCUT2D eigenvalue weighted by molar-refractivity contribution is -0.0254. The smallest absolute Gasteiger partial charge is 0.0831 e.